The number of imide groups is 1. The van der Waals surface area contributed by atoms with Crippen LogP contribution >= 0.6 is 11.6 Å². The van der Waals surface area contributed by atoms with E-state index < -0.39 is 17.9 Å². The maximum Gasteiger partial charge on any atom is 0.325 e. The summed E-state index contributed by atoms with van der Waals surface area (Å²) in [5, 5.41) is 0.542. The smallest absolute Gasteiger partial charge is 0.325 e. The van der Waals surface area contributed by atoms with Gasteiger partial charge in [0, 0.05) is 41.4 Å². The molecule has 1 aromatic heterocycles. The summed E-state index contributed by atoms with van der Waals surface area (Å²) in [4.78, 5) is 57.8. The molecule has 244 valence electrons. The number of carbonyl (C=O) groups excluding carboxylic acids is 3. The zero-order valence-electron chi connectivity index (χ0n) is 26.5. The molecule has 3 aliphatic heterocycles. The Morgan fingerprint density at radius 1 is 0.854 bits per heavy atom. The fraction of sp³-hybridized carbons (Fsp3) is 0.222. The van der Waals surface area contributed by atoms with E-state index in [4.69, 9.17) is 30.2 Å². The van der Waals surface area contributed by atoms with Gasteiger partial charge in [-0.25, -0.2) is 9.69 Å². The highest BCUT2D eigenvalue weighted by Crippen LogP contribution is 2.48. The molecule has 7 rings (SSSR count). The van der Waals surface area contributed by atoms with E-state index >= 15 is 0 Å². The van der Waals surface area contributed by atoms with Crippen LogP contribution in [-0.2, 0) is 9.59 Å². The topological polar surface area (TPSA) is 119 Å². The number of halogens is 1. The van der Waals surface area contributed by atoms with E-state index in [9.17, 15) is 19.2 Å². The summed E-state index contributed by atoms with van der Waals surface area (Å²) >= 11 is 6.39. The van der Waals surface area contributed by atoms with Crippen LogP contribution in [0.5, 0.6) is 17.2 Å². The second-order valence-electron chi connectivity index (χ2n) is 11.7. The maximum atomic E-state index is 14.5. The molecule has 0 spiro atoms. The van der Waals surface area contributed by atoms with Gasteiger partial charge in [0.05, 0.1) is 50.4 Å². The van der Waals surface area contributed by atoms with E-state index in [1.807, 2.05) is 13.0 Å². The van der Waals surface area contributed by atoms with Gasteiger partial charge >= 0.3 is 6.03 Å². The predicted octanol–water partition coefficient (Wildman–Crippen LogP) is 6.27. The summed E-state index contributed by atoms with van der Waals surface area (Å²) in [6, 6.07) is 13.5. The molecule has 4 heterocycles. The fourth-order valence-corrected chi connectivity index (χ4v) is 6.94. The summed E-state index contributed by atoms with van der Waals surface area (Å²) in [5.74, 6) is 0.584. The quantitative estimate of drug-likeness (QED) is 0.167. The van der Waals surface area contributed by atoms with Crippen LogP contribution in [0.3, 0.4) is 0 Å². The van der Waals surface area contributed by atoms with Gasteiger partial charge in [0.25, 0.3) is 11.8 Å². The Morgan fingerprint density at radius 3 is 2.25 bits per heavy atom. The Labute approximate surface area is 280 Å². The molecule has 0 radical (unpaired) electrons. The highest BCUT2D eigenvalue weighted by Gasteiger charge is 2.47. The second kappa shape index (κ2) is 11.9. The van der Waals surface area contributed by atoms with Crippen molar-refractivity contribution < 1.29 is 33.0 Å². The number of urea groups is 1. The second-order valence-corrected chi connectivity index (χ2v) is 12.1. The van der Waals surface area contributed by atoms with Gasteiger partial charge in [0.15, 0.2) is 5.43 Å². The van der Waals surface area contributed by atoms with Crippen LogP contribution in [0.15, 0.2) is 87.6 Å². The Morgan fingerprint density at radius 2 is 1.58 bits per heavy atom. The number of benzene rings is 3. The Balaban J connectivity index is 1.34. The third-order valence-corrected chi connectivity index (χ3v) is 9.12. The number of amides is 4. The van der Waals surface area contributed by atoms with Gasteiger partial charge in [-0.3, -0.25) is 19.3 Å². The lowest BCUT2D eigenvalue weighted by atomic mass is 9.91. The highest BCUT2D eigenvalue weighted by atomic mass is 35.5. The molecule has 3 aliphatic rings. The van der Waals surface area contributed by atoms with Crippen LogP contribution in [0.2, 0.25) is 5.02 Å². The lowest BCUT2D eigenvalue weighted by molar-refractivity contribution is -0.119. The standard InChI is InChI=1S/C36H30ClN3O8/c1-19-13-22-18-38(25-15-21(37)7-10-24(25)40-31(42)11-12-32(40)43)36(44)39(22)26(14-19)33-29(46-3)17-30-34(35(33)47-4)27(41)16-28(48-30)20-5-8-23(45-2)9-6-20/h5-12,14-17,22,26H,13,18H2,1-4H3. The molecule has 12 heteroatoms. The molecule has 48 heavy (non-hydrogen) atoms. The molecular weight excluding hydrogens is 638 g/mol. The summed E-state index contributed by atoms with van der Waals surface area (Å²) in [7, 11) is 4.53. The maximum absolute atomic E-state index is 14.5. The van der Waals surface area contributed by atoms with Crippen LogP contribution in [0.1, 0.15) is 24.9 Å². The number of hydrogen-bond donors (Lipinski definition) is 0. The van der Waals surface area contributed by atoms with Gasteiger partial charge in [0.2, 0.25) is 0 Å². The summed E-state index contributed by atoms with van der Waals surface area (Å²) in [6.45, 7) is 2.23. The van der Waals surface area contributed by atoms with Crippen molar-refractivity contribution in [2.75, 3.05) is 37.7 Å². The van der Waals surface area contributed by atoms with Crippen molar-refractivity contribution in [2.45, 2.75) is 25.4 Å². The van der Waals surface area contributed by atoms with Crippen molar-refractivity contribution in [2.24, 2.45) is 0 Å². The molecule has 2 unspecified atom stereocenters. The van der Waals surface area contributed by atoms with Gasteiger partial charge in [-0.2, -0.15) is 0 Å². The van der Waals surface area contributed by atoms with E-state index in [1.165, 1.54) is 37.3 Å². The summed E-state index contributed by atoms with van der Waals surface area (Å²) in [6.07, 6.45) is 4.90. The number of methoxy groups -OCH3 is 3. The minimum Gasteiger partial charge on any atom is -0.497 e. The zero-order chi connectivity index (χ0) is 33.9. The first-order chi connectivity index (χ1) is 23.1. The molecule has 4 aromatic rings. The number of rotatable bonds is 7. The van der Waals surface area contributed by atoms with E-state index in [2.05, 4.69) is 0 Å². The molecule has 4 amide bonds. The summed E-state index contributed by atoms with van der Waals surface area (Å²) in [5.41, 5.74) is 2.68. The molecule has 0 aliphatic carbocycles. The van der Waals surface area contributed by atoms with Crippen molar-refractivity contribution in [3.63, 3.8) is 0 Å². The average molecular weight is 668 g/mol. The highest BCUT2D eigenvalue weighted by molar-refractivity contribution is 6.32. The molecule has 1 fully saturated rings. The van der Waals surface area contributed by atoms with Gasteiger partial charge in [-0.05, 0) is 55.8 Å². The van der Waals surface area contributed by atoms with Crippen LogP contribution in [0, 0.1) is 0 Å². The molecule has 11 nitrogen and oxygen atoms in total. The molecule has 3 aromatic carbocycles. The van der Waals surface area contributed by atoms with Crippen LogP contribution < -0.4 is 29.4 Å². The molecular formula is C36H30ClN3O8. The van der Waals surface area contributed by atoms with Gasteiger partial charge in [0.1, 0.15) is 34.0 Å². The zero-order valence-corrected chi connectivity index (χ0v) is 27.2. The van der Waals surface area contributed by atoms with Crippen molar-refractivity contribution in [3.8, 4) is 28.6 Å². The van der Waals surface area contributed by atoms with Gasteiger partial charge in [-0.1, -0.05) is 23.3 Å². The normalized spacial score (nSPS) is 18.9. The lowest BCUT2D eigenvalue weighted by Crippen LogP contribution is -2.40. The third-order valence-electron chi connectivity index (χ3n) is 8.89. The van der Waals surface area contributed by atoms with Gasteiger partial charge < -0.3 is 23.5 Å². The number of hydrogen-bond acceptors (Lipinski definition) is 8. The Kier molecular flexibility index (Phi) is 7.71. The van der Waals surface area contributed by atoms with E-state index in [-0.39, 0.29) is 46.5 Å². The van der Waals surface area contributed by atoms with E-state index in [1.54, 1.807) is 60.5 Å². The third kappa shape index (κ3) is 4.98. The van der Waals surface area contributed by atoms with Crippen molar-refractivity contribution >= 4 is 51.8 Å². The summed E-state index contributed by atoms with van der Waals surface area (Å²) < 4.78 is 23.3. The Bertz CT molecular complexity index is 2120. The van der Waals surface area contributed by atoms with E-state index in [0.29, 0.717) is 45.5 Å². The van der Waals surface area contributed by atoms with E-state index in [0.717, 1.165) is 10.5 Å². The molecule has 2 atom stereocenters. The van der Waals surface area contributed by atoms with Crippen molar-refractivity contribution in [1.29, 1.82) is 0 Å². The molecule has 0 N–H and O–H groups in total. The first kappa shape index (κ1) is 31.1. The first-order valence-corrected chi connectivity index (χ1v) is 15.5. The van der Waals surface area contributed by atoms with Gasteiger partial charge in [-0.15, -0.1) is 0 Å². The Hall–Kier alpha value is -5.55. The largest absolute Gasteiger partial charge is 0.497 e. The lowest BCUT2D eigenvalue weighted by Gasteiger charge is -2.36. The first-order valence-electron chi connectivity index (χ1n) is 15.1. The number of fused-ring (bicyclic) bond motifs is 2. The molecule has 0 bridgehead atoms. The minimum atomic E-state index is -0.699. The number of carbonyl (C=O) groups is 3. The minimum absolute atomic E-state index is 0.206. The predicted molar refractivity (Wildman–Crippen MR) is 180 cm³/mol. The molecule has 1 saturated heterocycles. The SMILES string of the molecule is COc1ccc(-c2cc(=O)c3c(OC)c(C4C=C(C)CC5CN(c6cc(Cl)ccc6N6C(=O)C=CC6=O)C(=O)N54)c(OC)cc3o2)cc1. The molecule has 0 saturated carbocycles. The van der Waals surface area contributed by atoms with Crippen LogP contribution in [0.25, 0.3) is 22.3 Å². The number of anilines is 2. The average Bonchev–Trinajstić information content (AvgIpc) is 3.60. The van der Waals surface area contributed by atoms with Crippen molar-refractivity contribution in [1.82, 2.24) is 4.90 Å². The fourth-order valence-electron chi connectivity index (χ4n) is 6.77. The monoisotopic (exact) mass is 667 g/mol. The number of ether oxygens (including phenoxy) is 3. The van der Waals surface area contributed by atoms with Crippen LogP contribution in [0.4, 0.5) is 16.2 Å². The van der Waals surface area contributed by atoms with Crippen LogP contribution in [-0.4, -0.2) is 56.7 Å². The number of nitrogens with zero attached hydrogens (tertiary/aromatic N) is 3. The van der Waals surface area contributed by atoms with Crippen molar-refractivity contribution in [3.05, 3.63) is 99.2 Å².